The molecule has 0 bridgehead atoms. The predicted molar refractivity (Wildman–Crippen MR) is 112 cm³/mol. The summed E-state index contributed by atoms with van der Waals surface area (Å²) in [5.41, 5.74) is 1.38. The Bertz CT molecular complexity index is 1290. The zero-order valence-corrected chi connectivity index (χ0v) is 16.6. The molecule has 29 heavy (non-hydrogen) atoms. The van der Waals surface area contributed by atoms with Crippen LogP contribution in [-0.4, -0.2) is 16.1 Å². The maximum Gasteiger partial charge on any atom is 0.297 e. The van der Waals surface area contributed by atoms with Crippen molar-refractivity contribution in [1.29, 1.82) is 0 Å². The summed E-state index contributed by atoms with van der Waals surface area (Å²) in [5, 5.41) is 10.2. The summed E-state index contributed by atoms with van der Waals surface area (Å²) in [6, 6.07) is 15.9. The number of fused-ring (bicyclic) bond motifs is 2. The third-order valence-corrected chi connectivity index (χ3v) is 6.25. The van der Waals surface area contributed by atoms with Gasteiger partial charge in [0.1, 0.15) is 10.6 Å². The van der Waals surface area contributed by atoms with E-state index in [-0.39, 0.29) is 23.0 Å². The first-order valence-corrected chi connectivity index (χ1v) is 10.2. The lowest BCUT2D eigenvalue weighted by molar-refractivity contribution is 0.0970. The van der Waals surface area contributed by atoms with Gasteiger partial charge in [-0.2, -0.15) is 0 Å². The fourth-order valence-electron chi connectivity index (χ4n) is 3.62. The van der Waals surface area contributed by atoms with Crippen molar-refractivity contribution in [3.8, 4) is 0 Å². The standard InChI is InChI=1S/C22H17N3O3S/c1-12(2)20-23-24-22(29-20)25-17(13-8-4-3-5-9-13)16-18(26)14-10-6-7-11-15(14)28-19(16)21(25)27/h3-12,17H,1-2H3/t17-/m1/s1. The van der Waals surface area contributed by atoms with Gasteiger partial charge in [0.25, 0.3) is 5.91 Å². The number of carbonyl (C=O) groups excluding carboxylic acids is 1. The van der Waals surface area contributed by atoms with Crippen molar-refractivity contribution in [2.24, 2.45) is 0 Å². The number of aromatic nitrogens is 2. The number of rotatable bonds is 3. The van der Waals surface area contributed by atoms with Gasteiger partial charge in [-0.1, -0.05) is 67.6 Å². The molecule has 3 heterocycles. The van der Waals surface area contributed by atoms with E-state index < -0.39 is 6.04 Å². The fraction of sp³-hybridized carbons (Fsp3) is 0.182. The van der Waals surface area contributed by atoms with E-state index in [4.69, 9.17) is 4.42 Å². The molecular weight excluding hydrogens is 386 g/mol. The minimum Gasteiger partial charge on any atom is -0.450 e. The Kier molecular flexibility index (Phi) is 4.06. The van der Waals surface area contributed by atoms with Crippen LogP contribution in [0.2, 0.25) is 0 Å². The van der Waals surface area contributed by atoms with Gasteiger partial charge in [0.05, 0.1) is 17.0 Å². The predicted octanol–water partition coefficient (Wildman–Crippen LogP) is 4.52. The first-order chi connectivity index (χ1) is 14.1. The summed E-state index contributed by atoms with van der Waals surface area (Å²) in [7, 11) is 0. The molecule has 6 nitrogen and oxygen atoms in total. The molecule has 2 aromatic carbocycles. The second kappa shape index (κ2) is 6.63. The molecule has 1 atom stereocenters. The van der Waals surface area contributed by atoms with E-state index in [2.05, 4.69) is 10.2 Å². The molecule has 1 amide bonds. The minimum absolute atomic E-state index is 0.0730. The maximum absolute atomic E-state index is 13.4. The van der Waals surface area contributed by atoms with Crippen molar-refractivity contribution < 1.29 is 9.21 Å². The van der Waals surface area contributed by atoms with Crippen LogP contribution in [0.3, 0.4) is 0 Å². The molecule has 0 spiro atoms. The summed E-state index contributed by atoms with van der Waals surface area (Å²) < 4.78 is 5.92. The molecule has 0 unspecified atom stereocenters. The van der Waals surface area contributed by atoms with Gasteiger partial charge in [0.2, 0.25) is 10.9 Å². The van der Waals surface area contributed by atoms with Crippen LogP contribution in [0.5, 0.6) is 0 Å². The first-order valence-electron chi connectivity index (χ1n) is 9.34. The van der Waals surface area contributed by atoms with Crippen LogP contribution in [0.25, 0.3) is 11.0 Å². The molecule has 0 saturated carbocycles. The Morgan fingerprint density at radius 1 is 1.00 bits per heavy atom. The first kappa shape index (κ1) is 17.8. The molecule has 0 N–H and O–H groups in total. The van der Waals surface area contributed by atoms with Crippen LogP contribution in [0.4, 0.5) is 5.13 Å². The van der Waals surface area contributed by atoms with Crippen LogP contribution >= 0.6 is 11.3 Å². The number of amides is 1. The van der Waals surface area contributed by atoms with Crippen molar-refractivity contribution in [3.05, 3.63) is 86.7 Å². The number of para-hydroxylation sites is 1. The third kappa shape index (κ3) is 2.69. The van der Waals surface area contributed by atoms with Gasteiger partial charge >= 0.3 is 0 Å². The van der Waals surface area contributed by atoms with Gasteiger partial charge < -0.3 is 4.42 Å². The van der Waals surface area contributed by atoms with Crippen molar-refractivity contribution in [2.75, 3.05) is 4.90 Å². The molecule has 4 aromatic rings. The zero-order valence-electron chi connectivity index (χ0n) is 15.8. The molecule has 2 aromatic heterocycles. The summed E-state index contributed by atoms with van der Waals surface area (Å²) in [6.07, 6.45) is 0. The molecule has 7 heteroatoms. The van der Waals surface area contributed by atoms with E-state index in [1.54, 1.807) is 24.3 Å². The van der Waals surface area contributed by atoms with Gasteiger partial charge in [-0.05, 0) is 17.7 Å². The van der Waals surface area contributed by atoms with Crippen molar-refractivity contribution in [3.63, 3.8) is 0 Å². The lowest BCUT2D eigenvalue weighted by Crippen LogP contribution is -2.29. The quantitative estimate of drug-likeness (QED) is 0.503. The highest BCUT2D eigenvalue weighted by Gasteiger charge is 2.45. The third-order valence-electron chi connectivity index (χ3n) is 5.02. The van der Waals surface area contributed by atoms with Crippen LogP contribution < -0.4 is 10.3 Å². The Morgan fingerprint density at radius 3 is 2.45 bits per heavy atom. The van der Waals surface area contributed by atoms with E-state index in [0.717, 1.165) is 10.6 Å². The SMILES string of the molecule is CC(C)c1nnc(N2C(=O)c3oc4ccccc4c(=O)c3[C@H]2c2ccccc2)s1. The van der Waals surface area contributed by atoms with Gasteiger partial charge in [-0.15, -0.1) is 10.2 Å². The second-order valence-electron chi connectivity index (χ2n) is 7.24. The Balaban J connectivity index is 1.78. The monoisotopic (exact) mass is 403 g/mol. The molecule has 5 rings (SSSR count). The highest BCUT2D eigenvalue weighted by molar-refractivity contribution is 7.15. The second-order valence-corrected chi connectivity index (χ2v) is 8.22. The molecule has 0 saturated heterocycles. The van der Waals surface area contributed by atoms with Gasteiger partial charge in [-0.25, -0.2) is 0 Å². The zero-order chi connectivity index (χ0) is 20.1. The Morgan fingerprint density at radius 2 is 1.72 bits per heavy atom. The van der Waals surface area contributed by atoms with E-state index in [1.807, 2.05) is 44.2 Å². The maximum atomic E-state index is 13.4. The lowest BCUT2D eigenvalue weighted by atomic mass is 9.99. The molecule has 0 fully saturated rings. The molecule has 1 aliphatic rings. The molecule has 144 valence electrons. The Hall–Kier alpha value is -3.32. The topological polar surface area (TPSA) is 76.3 Å². The molecule has 1 aliphatic heterocycles. The van der Waals surface area contributed by atoms with E-state index >= 15 is 0 Å². The van der Waals surface area contributed by atoms with Gasteiger partial charge in [0.15, 0.2) is 5.43 Å². The number of carbonyl (C=O) groups is 1. The van der Waals surface area contributed by atoms with Crippen molar-refractivity contribution in [1.82, 2.24) is 10.2 Å². The van der Waals surface area contributed by atoms with E-state index in [0.29, 0.717) is 21.7 Å². The highest BCUT2D eigenvalue weighted by atomic mass is 32.1. The average molecular weight is 403 g/mol. The number of benzene rings is 2. The van der Waals surface area contributed by atoms with Crippen LogP contribution in [0.15, 0.2) is 63.8 Å². The summed E-state index contributed by atoms with van der Waals surface area (Å²) >= 11 is 1.36. The van der Waals surface area contributed by atoms with E-state index in [1.165, 1.54) is 16.2 Å². The lowest BCUT2D eigenvalue weighted by Gasteiger charge is -2.21. The molecule has 0 aliphatic carbocycles. The minimum atomic E-state index is -0.604. The van der Waals surface area contributed by atoms with Crippen LogP contribution in [-0.2, 0) is 0 Å². The normalized spacial score (nSPS) is 16.0. The molecular formula is C22H17N3O3S. The summed E-state index contributed by atoms with van der Waals surface area (Å²) in [6.45, 7) is 4.05. The van der Waals surface area contributed by atoms with Gasteiger partial charge in [-0.3, -0.25) is 14.5 Å². The molecule has 0 radical (unpaired) electrons. The Labute approximate surface area is 170 Å². The smallest absolute Gasteiger partial charge is 0.297 e. The number of anilines is 1. The number of hydrogen-bond acceptors (Lipinski definition) is 6. The number of nitrogens with zero attached hydrogens (tertiary/aromatic N) is 3. The fourth-order valence-corrected chi connectivity index (χ4v) is 4.50. The van der Waals surface area contributed by atoms with Crippen LogP contribution in [0, 0.1) is 0 Å². The largest absolute Gasteiger partial charge is 0.450 e. The van der Waals surface area contributed by atoms with Crippen molar-refractivity contribution in [2.45, 2.75) is 25.8 Å². The van der Waals surface area contributed by atoms with Gasteiger partial charge in [0, 0.05) is 5.92 Å². The summed E-state index contributed by atoms with van der Waals surface area (Å²) in [4.78, 5) is 28.3. The average Bonchev–Trinajstić information content (AvgIpc) is 3.33. The number of hydrogen-bond donors (Lipinski definition) is 0. The van der Waals surface area contributed by atoms with Crippen molar-refractivity contribution >= 4 is 33.3 Å². The highest BCUT2D eigenvalue weighted by Crippen LogP contribution is 2.42. The van der Waals surface area contributed by atoms with E-state index in [9.17, 15) is 9.59 Å². The summed E-state index contributed by atoms with van der Waals surface area (Å²) in [5.74, 6) is -0.106. The van der Waals surface area contributed by atoms with Crippen LogP contribution in [0.1, 0.15) is 52.5 Å².